The van der Waals surface area contributed by atoms with Crippen molar-refractivity contribution in [1.29, 1.82) is 0 Å². The first-order chi connectivity index (χ1) is 17.9. The van der Waals surface area contributed by atoms with Crippen LogP contribution in [0.3, 0.4) is 0 Å². The molecule has 0 aliphatic heterocycles. The Morgan fingerprint density at radius 1 is 1.14 bits per heavy atom. The van der Waals surface area contributed by atoms with Gasteiger partial charge in [0, 0.05) is 22.3 Å². The molecule has 5 aromatic rings. The number of fused-ring (bicyclic) bond motifs is 1. The van der Waals surface area contributed by atoms with Gasteiger partial charge in [-0.3, -0.25) is 10.1 Å². The second-order valence-corrected chi connectivity index (χ2v) is 8.43. The van der Waals surface area contributed by atoms with Gasteiger partial charge >= 0.3 is 12.1 Å². The van der Waals surface area contributed by atoms with Crippen molar-refractivity contribution >= 4 is 35.0 Å². The van der Waals surface area contributed by atoms with Gasteiger partial charge in [-0.2, -0.15) is 9.61 Å². The van der Waals surface area contributed by atoms with Gasteiger partial charge in [0.05, 0.1) is 12.6 Å². The molecule has 5 rings (SSSR count). The van der Waals surface area contributed by atoms with Crippen LogP contribution >= 0.6 is 11.6 Å². The van der Waals surface area contributed by atoms with Gasteiger partial charge in [-0.05, 0) is 24.1 Å². The number of halogens is 1. The van der Waals surface area contributed by atoms with E-state index < -0.39 is 18.2 Å². The molecule has 0 radical (unpaired) electrons. The third-order valence-corrected chi connectivity index (χ3v) is 5.91. The second kappa shape index (κ2) is 10.1. The molecule has 0 aliphatic rings. The van der Waals surface area contributed by atoms with E-state index in [2.05, 4.69) is 25.5 Å². The van der Waals surface area contributed by atoms with Crippen molar-refractivity contribution in [2.75, 3.05) is 5.32 Å². The van der Waals surface area contributed by atoms with Gasteiger partial charge in [-0.25, -0.2) is 14.8 Å². The number of nitrogens with one attached hydrogen (secondary N) is 1. The number of ether oxygens (including phenoxy) is 1. The summed E-state index contributed by atoms with van der Waals surface area (Å²) in [6.45, 7) is 1.71. The Morgan fingerprint density at radius 2 is 1.92 bits per heavy atom. The van der Waals surface area contributed by atoms with E-state index in [-0.39, 0.29) is 23.7 Å². The molecule has 186 valence electrons. The first-order valence-corrected chi connectivity index (χ1v) is 11.5. The van der Waals surface area contributed by atoms with Crippen LogP contribution in [0.25, 0.3) is 28.4 Å². The monoisotopic (exact) mass is 518 g/mol. The standard InChI is InChI=1S/C25H19ClN6O5/c1-14(17-4-2-3-5-19(17)26)36-25(35)31-20-12-30-37-22(20)24-27-11-18(23-28-13-29-32(23)24)16-8-6-15(7-9-16)10-21(33)34/h2-9,11-14H,10H2,1H3,(H,31,35)(H,33,34). The van der Waals surface area contributed by atoms with E-state index in [9.17, 15) is 9.59 Å². The molecule has 0 spiro atoms. The van der Waals surface area contributed by atoms with Crippen molar-refractivity contribution in [3.63, 3.8) is 0 Å². The highest BCUT2D eigenvalue weighted by Crippen LogP contribution is 2.31. The smallest absolute Gasteiger partial charge is 0.412 e. The lowest BCUT2D eigenvalue weighted by Crippen LogP contribution is -2.16. The van der Waals surface area contributed by atoms with Gasteiger partial charge in [0.2, 0.25) is 11.6 Å². The Kier molecular flexibility index (Phi) is 6.52. The van der Waals surface area contributed by atoms with Crippen LogP contribution in [0.4, 0.5) is 10.5 Å². The second-order valence-electron chi connectivity index (χ2n) is 8.02. The number of aliphatic carboxylic acids is 1. The number of amides is 1. The minimum Gasteiger partial charge on any atom is -0.481 e. The van der Waals surface area contributed by atoms with Crippen molar-refractivity contribution in [2.45, 2.75) is 19.4 Å². The maximum Gasteiger partial charge on any atom is 0.412 e. The highest BCUT2D eigenvalue weighted by Gasteiger charge is 2.22. The molecule has 0 aliphatic carbocycles. The topological polar surface area (TPSA) is 145 Å². The highest BCUT2D eigenvalue weighted by molar-refractivity contribution is 6.31. The quantitative estimate of drug-likeness (QED) is 0.302. The summed E-state index contributed by atoms with van der Waals surface area (Å²) in [5.74, 6) is -0.496. The summed E-state index contributed by atoms with van der Waals surface area (Å²) in [7, 11) is 0. The number of hydrogen-bond donors (Lipinski definition) is 2. The summed E-state index contributed by atoms with van der Waals surface area (Å²) in [5, 5.41) is 20.1. The minimum absolute atomic E-state index is 0.0708. The van der Waals surface area contributed by atoms with E-state index in [0.717, 1.165) is 5.56 Å². The van der Waals surface area contributed by atoms with Crippen molar-refractivity contribution in [2.24, 2.45) is 0 Å². The molecule has 2 N–H and O–H groups in total. The highest BCUT2D eigenvalue weighted by atomic mass is 35.5. The number of carbonyl (C=O) groups is 2. The summed E-state index contributed by atoms with van der Waals surface area (Å²) in [6.07, 6.45) is 2.89. The van der Waals surface area contributed by atoms with Crippen molar-refractivity contribution in [3.8, 4) is 22.7 Å². The fraction of sp³-hybridized carbons (Fsp3) is 0.120. The van der Waals surface area contributed by atoms with Crippen molar-refractivity contribution < 1.29 is 24.0 Å². The minimum atomic E-state index is -0.905. The maximum absolute atomic E-state index is 12.6. The molecular weight excluding hydrogens is 500 g/mol. The average Bonchev–Trinajstić information content (AvgIpc) is 3.54. The van der Waals surface area contributed by atoms with Crippen LogP contribution in [0.2, 0.25) is 5.02 Å². The summed E-state index contributed by atoms with van der Waals surface area (Å²) < 4.78 is 12.3. The zero-order valence-electron chi connectivity index (χ0n) is 19.3. The first-order valence-electron chi connectivity index (χ1n) is 11.1. The lowest BCUT2D eigenvalue weighted by molar-refractivity contribution is -0.136. The van der Waals surface area contributed by atoms with Gasteiger partial charge in [-0.15, -0.1) is 0 Å². The zero-order valence-corrected chi connectivity index (χ0v) is 20.1. The fourth-order valence-corrected chi connectivity index (χ4v) is 4.10. The number of hydrogen-bond acceptors (Lipinski definition) is 8. The molecule has 0 bridgehead atoms. The fourth-order valence-electron chi connectivity index (χ4n) is 3.81. The van der Waals surface area contributed by atoms with E-state index in [4.69, 9.17) is 26.0 Å². The predicted molar refractivity (Wildman–Crippen MR) is 133 cm³/mol. The van der Waals surface area contributed by atoms with Crippen LogP contribution in [-0.2, 0) is 16.0 Å². The molecule has 1 unspecified atom stereocenters. The van der Waals surface area contributed by atoms with Crippen LogP contribution in [0.5, 0.6) is 0 Å². The van der Waals surface area contributed by atoms with Crippen molar-refractivity contribution in [1.82, 2.24) is 24.7 Å². The predicted octanol–water partition coefficient (Wildman–Crippen LogP) is 5.04. The van der Waals surface area contributed by atoms with Crippen LogP contribution in [-0.4, -0.2) is 41.9 Å². The Balaban J connectivity index is 1.40. The number of carboxylic acids is 1. The molecule has 11 nitrogen and oxygen atoms in total. The lowest BCUT2D eigenvalue weighted by Gasteiger charge is -2.15. The first kappa shape index (κ1) is 23.9. The van der Waals surface area contributed by atoms with Gasteiger partial charge in [-0.1, -0.05) is 59.2 Å². The summed E-state index contributed by atoms with van der Waals surface area (Å²) in [4.78, 5) is 32.4. The van der Waals surface area contributed by atoms with E-state index in [1.807, 2.05) is 0 Å². The Morgan fingerprint density at radius 3 is 2.68 bits per heavy atom. The third kappa shape index (κ3) is 4.98. The van der Waals surface area contributed by atoms with Crippen molar-refractivity contribution in [3.05, 3.63) is 83.4 Å². The Hall–Kier alpha value is -4.77. The summed E-state index contributed by atoms with van der Waals surface area (Å²) >= 11 is 6.20. The molecule has 1 amide bonds. The largest absolute Gasteiger partial charge is 0.481 e. The number of aromatic nitrogens is 5. The normalized spacial score (nSPS) is 11.8. The van der Waals surface area contributed by atoms with E-state index in [1.165, 1.54) is 17.0 Å². The Bertz CT molecular complexity index is 1600. The molecule has 3 heterocycles. The summed E-state index contributed by atoms with van der Waals surface area (Å²) in [6, 6.07) is 14.1. The lowest BCUT2D eigenvalue weighted by atomic mass is 10.0. The molecule has 0 saturated carbocycles. The third-order valence-electron chi connectivity index (χ3n) is 5.56. The maximum atomic E-state index is 12.6. The molecular formula is C25H19ClN6O5. The molecule has 2 aromatic carbocycles. The number of nitrogens with zero attached hydrogens (tertiary/aromatic N) is 5. The van der Waals surface area contributed by atoms with Gasteiger partial charge in [0.1, 0.15) is 18.1 Å². The number of rotatable bonds is 7. The Labute approximate surface area is 214 Å². The van der Waals surface area contributed by atoms with E-state index in [1.54, 1.807) is 61.7 Å². The molecule has 0 fully saturated rings. The summed E-state index contributed by atoms with van der Waals surface area (Å²) in [5.41, 5.74) is 3.50. The van der Waals surface area contributed by atoms with Crippen LogP contribution in [0.1, 0.15) is 24.2 Å². The molecule has 12 heteroatoms. The van der Waals surface area contributed by atoms with E-state index >= 15 is 0 Å². The van der Waals surface area contributed by atoms with Gasteiger partial charge < -0.3 is 14.4 Å². The van der Waals surface area contributed by atoms with Crippen LogP contribution in [0, 0.1) is 0 Å². The van der Waals surface area contributed by atoms with E-state index in [0.29, 0.717) is 27.4 Å². The number of carbonyl (C=O) groups excluding carboxylic acids is 1. The van der Waals surface area contributed by atoms with Crippen LogP contribution < -0.4 is 5.32 Å². The zero-order chi connectivity index (χ0) is 25.9. The average molecular weight is 519 g/mol. The van der Waals surface area contributed by atoms with Gasteiger partial charge in [0.25, 0.3) is 0 Å². The number of benzene rings is 2. The molecule has 37 heavy (non-hydrogen) atoms. The van der Waals surface area contributed by atoms with Crippen LogP contribution in [0.15, 0.2) is 71.8 Å². The molecule has 1 atom stereocenters. The SMILES string of the molecule is CC(OC(=O)Nc1cnoc1-c1ncc(-c2ccc(CC(=O)O)cc2)c2ncnn12)c1ccccc1Cl. The molecule has 0 saturated heterocycles. The van der Waals surface area contributed by atoms with Gasteiger partial charge in [0.15, 0.2) is 5.65 Å². The number of carboxylic acid groups (broad SMARTS) is 1. The molecule has 3 aromatic heterocycles. The number of anilines is 1.